The molecule has 0 bridgehead atoms. The summed E-state index contributed by atoms with van der Waals surface area (Å²) >= 11 is 0. The van der Waals surface area contributed by atoms with Crippen LogP contribution in [0.4, 0.5) is 0 Å². The molecule has 0 atom stereocenters. The molecule has 1 aliphatic rings. The molecule has 0 unspecified atom stereocenters. The highest BCUT2D eigenvalue weighted by Crippen LogP contribution is 2.34. The molecule has 3 aromatic carbocycles. The summed E-state index contributed by atoms with van der Waals surface area (Å²) in [6.07, 6.45) is -0.479. The molecule has 1 saturated heterocycles. The zero-order chi connectivity index (χ0) is 26.8. The van der Waals surface area contributed by atoms with Gasteiger partial charge in [-0.3, -0.25) is 0 Å². The maximum Gasteiger partial charge on any atom is 0.440 e. The molecule has 0 amide bonds. The van der Waals surface area contributed by atoms with E-state index in [-0.39, 0.29) is 19.1 Å². The van der Waals surface area contributed by atoms with Crippen molar-refractivity contribution in [2.75, 3.05) is 6.61 Å². The molecule has 0 aliphatic carbocycles. The minimum Gasteiger partial charge on any atom is -0.489 e. The lowest BCUT2D eigenvalue weighted by atomic mass is 9.90. The van der Waals surface area contributed by atoms with E-state index in [0.29, 0.717) is 19.0 Å². The van der Waals surface area contributed by atoms with Crippen LogP contribution in [0.1, 0.15) is 34.7 Å². The van der Waals surface area contributed by atoms with Crippen molar-refractivity contribution in [2.24, 2.45) is 0 Å². The number of nitrogens with one attached hydrogen (secondary N) is 1. The lowest BCUT2D eigenvalue weighted by Crippen LogP contribution is -2.42. The van der Waals surface area contributed by atoms with Crippen molar-refractivity contribution in [1.29, 1.82) is 0 Å². The Bertz CT molecular complexity index is 1520. The Hall–Kier alpha value is -4.08. The number of benzene rings is 3. The van der Waals surface area contributed by atoms with Gasteiger partial charge in [0, 0.05) is 0 Å². The van der Waals surface area contributed by atoms with E-state index in [1.807, 2.05) is 49.4 Å². The number of aromatic amines is 1. The summed E-state index contributed by atoms with van der Waals surface area (Å²) in [5.74, 6) is 0.717. The van der Waals surface area contributed by atoms with Crippen LogP contribution in [-0.4, -0.2) is 28.9 Å². The Morgan fingerprint density at radius 1 is 0.921 bits per heavy atom. The van der Waals surface area contributed by atoms with Gasteiger partial charge in [0.2, 0.25) is 0 Å². The second-order valence-corrected chi connectivity index (χ2v) is 9.38. The van der Waals surface area contributed by atoms with Gasteiger partial charge in [-0.2, -0.15) is 0 Å². The molecule has 0 saturated carbocycles. The van der Waals surface area contributed by atoms with Crippen molar-refractivity contribution >= 4 is 0 Å². The van der Waals surface area contributed by atoms with Gasteiger partial charge in [-0.1, -0.05) is 30.3 Å². The standard InChI is InChI=1S/C29H30N2O7/c1-17-12-24(35-16-26-36-20(4)37-26)13-18(2)27(17)25-7-5-6-22(19(25)3)15-34-23-10-8-21(9-11-23)14-31-28(32)30-29(33)38-31/h5-13,20,26H,14-16H2,1-4H3,(H,30,32,33). The number of H-pyrrole nitrogens is 1. The Labute approximate surface area is 219 Å². The second kappa shape index (κ2) is 10.7. The van der Waals surface area contributed by atoms with Crippen LogP contribution in [0, 0.1) is 20.8 Å². The molecule has 2 heterocycles. The number of aryl methyl sites for hydroxylation is 2. The molecule has 4 aromatic rings. The van der Waals surface area contributed by atoms with Crippen LogP contribution >= 0.6 is 0 Å². The van der Waals surface area contributed by atoms with Gasteiger partial charge < -0.3 is 23.5 Å². The normalized spacial score (nSPS) is 16.7. The first-order valence-electron chi connectivity index (χ1n) is 12.4. The molecule has 198 valence electrons. The highest BCUT2D eigenvalue weighted by Gasteiger charge is 2.27. The Kier molecular flexibility index (Phi) is 7.22. The third-order valence-corrected chi connectivity index (χ3v) is 6.57. The summed E-state index contributed by atoms with van der Waals surface area (Å²) in [6.45, 7) is 9.06. The van der Waals surface area contributed by atoms with Crippen molar-refractivity contribution in [1.82, 2.24) is 9.72 Å². The Morgan fingerprint density at radius 3 is 2.26 bits per heavy atom. The Morgan fingerprint density at radius 2 is 1.63 bits per heavy atom. The molecule has 9 heteroatoms. The van der Waals surface area contributed by atoms with E-state index in [0.717, 1.165) is 43.9 Å². The lowest BCUT2D eigenvalue weighted by molar-refractivity contribution is -0.380. The highest BCUT2D eigenvalue weighted by molar-refractivity contribution is 5.75. The predicted molar refractivity (Wildman–Crippen MR) is 140 cm³/mol. The van der Waals surface area contributed by atoms with Gasteiger partial charge in [0.1, 0.15) is 24.7 Å². The first kappa shape index (κ1) is 25.6. The number of nitrogens with zero attached hydrogens (tertiary/aromatic N) is 1. The van der Waals surface area contributed by atoms with Crippen LogP contribution < -0.4 is 20.9 Å². The van der Waals surface area contributed by atoms with Crippen molar-refractivity contribution in [3.8, 4) is 22.6 Å². The minimum atomic E-state index is -0.772. The predicted octanol–water partition coefficient (Wildman–Crippen LogP) is 4.45. The van der Waals surface area contributed by atoms with Crippen LogP contribution in [0.3, 0.4) is 0 Å². The van der Waals surface area contributed by atoms with Crippen LogP contribution in [0.5, 0.6) is 11.5 Å². The van der Waals surface area contributed by atoms with Crippen LogP contribution in [-0.2, 0) is 22.6 Å². The first-order chi connectivity index (χ1) is 18.3. The van der Waals surface area contributed by atoms with E-state index in [9.17, 15) is 9.59 Å². The maximum absolute atomic E-state index is 11.6. The number of hydrogen-bond acceptors (Lipinski definition) is 7. The molecular formula is C29H30N2O7. The van der Waals surface area contributed by atoms with Gasteiger partial charge in [-0.25, -0.2) is 14.6 Å². The highest BCUT2D eigenvalue weighted by atomic mass is 16.9. The lowest BCUT2D eigenvalue weighted by Gasteiger charge is -2.33. The topological polar surface area (TPSA) is 105 Å². The zero-order valence-corrected chi connectivity index (χ0v) is 21.8. The summed E-state index contributed by atoms with van der Waals surface area (Å²) in [7, 11) is 0. The molecule has 0 radical (unpaired) electrons. The molecule has 9 nitrogen and oxygen atoms in total. The smallest absolute Gasteiger partial charge is 0.440 e. The molecular weight excluding hydrogens is 488 g/mol. The van der Waals surface area contributed by atoms with Crippen LogP contribution in [0.15, 0.2) is 68.7 Å². The van der Waals surface area contributed by atoms with Gasteiger partial charge in [0.05, 0.1) is 6.54 Å². The number of rotatable bonds is 9. The fraction of sp³-hybridized carbons (Fsp3) is 0.310. The van der Waals surface area contributed by atoms with E-state index >= 15 is 0 Å². The maximum atomic E-state index is 11.6. The van der Waals surface area contributed by atoms with E-state index in [1.165, 1.54) is 5.56 Å². The molecule has 1 N–H and O–H groups in total. The van der Waals surface area contributed by atoms with Crippen LogP contribution in [0.2, 0.25) is 0 Å². The van der Waals surface area contributed by atoms with Gasteiger partial charge in [0.25, 0.3) is 0 Å². The fourth-order valence-electron chi connectivity index (χ4n) is 4.66. The molecule has 38 heavy (non-hydrogen) atoms. The number of aromatic nitrogens is 2. The number of hydrogen-bond donors (Lipinski definition) is 1. The van der Waals surface area contributed by atoms with Gasteiger partial charge >= 0.3 is 11.4 Å². The minimum absolute atomic E-state index is 0.156. The summed E-state index contributed by atoms with van der Waals surface area (Å²) in [5, 5.41) is 0. The van der Waals surface area contributed by atoms with E-state index in [2.05, 4.69) is 37.9 Å². The zero-order valence-electron chi connectivity index (χ0n) is 21.8. The summed E-state index contributed by atoms with van der Waals surface area (Å²) < 4.78 is 28.6. The average Bonchev–Trinajstić information content (AvgIpc) is 3.18. The van der Waals surface area contributed by atoms with Gasteiger partial charge in [0.15, 0.2) is 12.6 Å². The van der Waals surface area contributed by atoms with Gasteiger partial charge in [-0.05, 0) is 90.9 Å². The van der Waals surface area contributed by atoms with Crippen LogP contribution in [0.25, 0.3) is 11.1 Å². The van der Waals surface area contributed by atoms with Crippen molar-refractivity contribution < 1.29 is 23.5 Å². The summed E-state index contributed by atoms with van der Waals surface area (Å²) in [4.78, 5) is 24.9. The molecule has 1 fully saturated rings. The van der Waals surface area contributed by atoms with E-state index in [1.54, 1.807) is 0 Å². The second-order valence-electron chi connectivity index (χ2n) is 9.38. The monoisotopic (exact) mass is 518 g/mol. The number of ether oxygens (including phenoxy) is 4. The summed E-state index contributed by atoms with van der Waals surface area (Å²) in [5.41, 5.74) is 7.04. The average molecular weight is 519 g/mol. The molecule has 5 rings (SSSR count). The van der Waals surface area contributed by atoms with E-state index < -0.39 is 11.4 Å². The van der Waals surface area contributed by atoms with Crippen molar-refractivity contribution in [3.63, 3.8) is 0 Å². The third-order valence-electron chi connectivity index (χ3n) is 6.57. The van der Waals surface area contributed by atoms with Crippen molar-refractivity contribution in [2.45, 2.75) is 53.4 Å². The SMILES string of the molecule is Cc1cc(OCC2OC(C)O2)cc(C)c1-c1cccc(COc2ccc(Cn3oc(=O)[nH]c3=O)cc2)c1C. The first-order valence-corrected chi connectivity index (χ1v) is 12.4. The quantitative estimate of drug-likeness (QED) is 0.349. The third kappa shape index (κ3) is 5.58. The molecule has 0 spiro atoms. The van der Waals surface area contributed by atoms with E-state index in [4.69, 9.17) is 23.5 Å². The molecule has 1 aliphatic heterocycles. The van der Waals surface area contributed by atoms with Crippen molar-refractivity contribution in [3.05, 3.63) is 103 Å². The molecule has 1 aromatic heterocycles. The Balaban J connectivity index is 1.26. The van der Waals surface area contributed by atoms with Gasteiger partial charge in [-0.15, -0.1) is 4.74 Å². The summed E-state index contributed by atoms with van der Waals surface area (Å²) in [6, 6.07) is 17.6. The largest absolute Gasteiger partial charge is 0.489 e. The fourth-order valence-corrected chi connectivity index (χ4v) is 4.66.